The summed E-state index contributed by atoms with van der Waals surface area (Å²) < 4.78 is 1.71. The number of fused-ring (bicyclic) bond motifs is 1. The topological polar surface area (TPSA) is 67.2 Å². The summed E-state index contributed by atoms with van der Waals surface area (Å²) in [5.74, 6) is 0.171. The number of hydrogen-bond acceptors (Lipinski definition) is 5. The number of piperidine rings is 1. The number of amides is 1. The molecule has 1 N–H and O–H groups in total. The number of nitrogens with zero attached hydrogens (tertiary/aromatic N) is 3. The van der Waals surface area contributed by atoms with Crippen LogP contribution in [0.15, 0.2) is 34.1 Å². The smallest absolute Gasteiger partial charge is 0.283 e. The Morgan fingerprint density at radius 2 is 2.00 bits per heavy atom. The first-order chi connectivity index (χ1) is 13.2. The van der Waals surface area contributed by atoms with Crippen molar-refractivity contribution < 1.29 is 4.79 Å². The fourth-order valence-electron chi connectivity index (χ4n) is 3.48. The molecule has 1 aromatic heterocycles. The normalized spacial score (nSPS) is 15.1. The molecule has 1 fully saturated rings. The fourth-order valence-corrected chi connectivity index (χ4v) is 4.24. The minimum absolute atomic E-state index is 0.0453. The molecule has 1 aliphatic heterocycles. The zero-order valence-corrected chi connectivity index (χ0v) is 16.8. The van der Waals surface area contributed by atoms with Crippen molar-refractivity contribution in [3.63, 3.8) is 0 Å². The summed E-state index contributed by atoms with van der Waals surface area (Å²) >= 11 is 1.22. The van der Waals surface area contributed by atoms with Crippen LogP contribution in [0.1, 0.15) is 32.6 Å². The molecule has 3 rings (SSSR count). The molecule has 0 spiro atoms. The number of rotatable bonds is 8. The van der Waals surface area contributed by atoms with Gasteiger partial charge in [-0.1, -0.05) is 30.3 Å². The van der Waals surface area contributed by atoms with Gasteiger partial charge in [-0.15, -0.1) is 0 Å². The second-order valence-corrected chi connectivity index (χ2v) is 7.81. The lowest BCUT2D eigenvalue weighted by Gasteiger charge is -2.26. The fraction of sp³-hybridized carbons (Fsp3) is 0.550. The Labute approximate surface area is 164 Å². The highest BCUT2D eigenvalue weighted by Gasteiger charge is 2.13. The highest BCUT2D eigenvalue weighted by atomic mass is 32.2. The van der Waals surface area contributed by atoms with E-state index in [2.05, 4.69) is 15.2 Å². The molecule has 0 saturated carbocycles. The molecule has 0 atom stereocenters. The Kier molecular flexibility index (Phi) is 7.29. The lowest BCUT2D eigenvalue weighted by Crippen LogP contribution is -2.33. The van der Waals surface area contributed by atoms with Crippen LogP contribution in [-0.2, 0) is 11.3 Å². The third kappa shape index (κ3) is 5.32. The predicted octanol–water partition coefficient (Wildman–Crippen LogP) is 2.50. The quantitative estimate of drug-likeness (QED) is 0.556. The molecule has 1 aromatic carbocycles. The summed E-state index contributed by atoms with van der Waals surface area (Å²) in [6.07, 6.45) is 4.88. The van der Waals surface area contributed by atoms with Gasteiger partial charge in [-0.25, -0.2) is 4.98 Å². The van der Waals surface area contributed by atoms with E-state index in [9.17, 15) is 9.59 Å². The molecule has 0 aliphatic carbocycles. The molecule has 146 valence electrons. The number of carbonyl (C=O) groups is 1. The third-order valence-electron chi connectivity index (χ3n) is 4.90. The number of thioether (sulfide) groups is 1. The number of hydrogen-bond donors (Lipinski definition) is 1. The number of para-hydroxylation sites is 2. The van der Waals surface area contributed by atoms with E-state index < -0.39 is 0 Å². The summed E-state index contributed by atoms with van der Waals surface area (Å²) in [5, 5.41) is 3.34. The van der Waals surface area contributed by atoms with Crippen molar-refractivity contribution in [3.05, 3.63) is 34.6 Å². The molecule has 27 heavy (non-hydrogen) atoms. The maximum absolute atomic E-state index is 12.6. The maximum Gasteiger partial charge on any atom is 0.283 e. The number of aromatic nitrogens is 2. The van der Waals surface area contributed by atoms with Crippen molar-refractivity contribution in [2.75, 3.05) is 31.9 Å². The highest BCUT2D eigenvalue weighted by molar-refractivity contribution is 7.99. The Balaban J connectivity index is 1.50. The Morgan fingerprint density at radius 1 is 1.22 bits per heavy atom. The van der Waals surface area contributed by atoms with Crippen LogP contribution in [0.5, 0.6) is 0 Å². The molecule has 2 aromatic rings. The number of nitrogens with one attached hydrogen (secondary N) is 1. The van der Waals surface area contributed by atoms with Gasteiger partial charge in [0.1, 0.15) is 0 Å². The van der Waals surface area contributed by atoms with Gasteiger partial charge in [0, 0.05) is 13.1 Å². The van der Waals surface area contributed by atoms with E-state index in [4.69, 9.17) is 0 Å². The van der Waals surface area contributed by atoms with Gasteiger partial charge in [0.15, 0.2) is 5.03 Å². The molecular weight excluding hydrogens is 360 g/mol. The summed E-state index contributed by atoms with van der Waals surface area (Å²) in [4.78, 5) is 31.6. The summed E-state index contributed by atoms with van der Waals surface area (Å²) in [7, 11) is 0. The zero-order valence-electron chi connectivity index (χ0n) is 15.9. The molecule has 0 unspecified atom stereocenters. The summed E-state index contributed by atoms with van der Waals surface area (Å²) in [6.45, 7) is 6.61. The van der Waals surface area contributed by atoms with Crippen LogP contribution >= 0.6 is 11.8 Å². The lowest BCUT2D eigenvalue weighted by atomic mass is 10.1. The van der Waals surface area contributed by atoms with Crippen LogP contribution in [-0.4, -0.2) is 52.3 Å². The maximum atomic E-state index is 12.6. The third-order valence-corrected chi connectivity index (χ3v) is 5.85. The Bertz CT molecular complexity index is 830. The van der Waals surface area contributed by atoms with Gasteiger partial charge in [-0.05, 0) is 58.0 Å². The van der Waals surface area contributed by atoms with Crippen molar-refractivity contribution in [1.82, 2.24) is 19.8 Å². The van der Waals surface area contributed by atoms with Gasteiger partial charge in [-0.2, -0.15) is 0 Å². The van der Waals surface area contributed by atoms with Gasteiger partial charge in [0.2, 0.25) is 5.91 Å². The first-order valence-electron chi connectivity index (χ1n) is 9.80. The van der Waals surface area contributed by atoms with Crippen LogP contribution in [0.4, 0.5) is 0 Å². The van der Waals surface area contributed by atoms with E-state index >= 15 is 0 Å². The second kappa shape index (κ2) is 9.90. The van der Waals surface area contributed by atoms with Gasteiger partial charge in [0.25, 0.3) is 5.56 Å². The molecular formula is C20H28N4O2S. The molecule has 1 aliphatic rings. The average Bonchev–Trinajstić information content (AvgIpc) is 2.70. The van der Waals surface area contributed by atoms with E-state index in [1.54, 1.807) is 4.57 Å². The standard InChI is InChI=1S/C20H28N4O2S/c1-2-24-17-10-5-4-9-16(17)22-19(20(24)26)27-15-18(25)21-11-8-14-23-12-6-3-7-13-23/h4-5,9-10H,2-3,6-8,11-15H2,1H3,(H,21,25). The summed E-state index contributed by atoms with van der Waals surface area (Å²) in [5.41, 5.74) is 1.49. The first kappa shape index (κ1) is 19.9. The largest absolute Gasteiger partial charge is 0.355 e. The molecule has 0 bridgehead atoms. The van der Waals surface area contributed by atoms with E-state index in [1.807, 2.05) is 31.2 Å². The average molecular weight is 389 g/mol. The van der Waals surface area contributed by atoms with E-state index in [0.717, 1.165) is 24.0 Å². The van der Waals surface area contributed by atoms with Crippen molar-refractivity contribution in [3.8, 4) is 0 Å². The van der Waals surface area contributed by atoms with Crippen molar-refractivity contribution in [2.45, 2.75) is 44.2 Å². The van der Waals surface area contributed by atoms with E-state index in [-0.39, 0.29) is 17.2 Å². The molecule has 6 nitrogen and oxygen atoms in total. The van der Waals surface area contributed by atoms with Crippen LogP contribution in [0.2, 0.25) is 0 Å². The van der Waals surface area contributed by atoms with E-state index in [0.29, 0.717) is 18.1 Å². The second-order valence-electron chi connectivity index (χ2n) is 6.85. The first-order valence-corrected chi connectivity index (χ1v) is 10.8. The van der Waals surface area contributed by atoms with Gasteiger partial charge >= 0.3 is 0 Å². The Hall–Kier alpha value is -1.86. The molecule has 7 heteroatoms. The predicted molar refractivity (Wildman–Crippen MR) is 110 cm³/mol. The molecule has 2 heterocycles. The molecule has 0 radical (unpaired) electrons. The van der Waals surface area contributed by atoms with E-state index in [1.165, 1.54) is 44.1 Å². The number of carbonyl (C=O) groups excluding carboxylic acids is 1. The van der Waals surface area contributed by atoms with Crippen molar-refractivity contribution in [2.24, 2.45) is 0 Å². The van der Waals surface area contributed by atoms with Crippen LogP contribution < -0.4 is 10.9 Å². The Morgan fingerprint density at radius 3 is 2.78 bits per heavy atom. The molecule has 1 saturated heterocycles. The van der Waals surface area contributed by atoms with Crippen molar-refractivity contribution in [1.29, 1.82) is 0 Å². The summed E-state index contributed by atoms with van der Waals surface area (Å²) in [6, 6.07) is 7.60. The monoisotopic (exact) mass is 388 g/mol. The number of benzene rings is 1. The minimum Gasteiger partial charge on any atom is -0.355 e. The highest BCUT2D eigenvalue weighted by Crippen LogP contribution is 2.16. The van der Waals surface area contributed by atoms with Gasteiger partial charge < -0.3 is 14.8 Å². The van der Waals surface area contributed by atoms with Crippen LogP contribution in [0, 0.1) is 0 Å². The molecule has 1 amide bonds. The minimum atomic E-state index is -0.126. The number of aryl methyl sites for hydroxylation is 1. The van der Waals surface area contributed by atoms with Crippen LogP contribution in [0.25, 0.3) is 11.0 Å². The van der Waals surface area contributed by atoms with Crippen molar-refractivity contribution >= 4 is 28.7 Å². The number of likely N-dealkylation sites (tertiary alicyclic amines) is 1. The lowest BCUT2D eigenvalue weighted by molar-refractivity contribution is -0.118. The zero-order chi connectivity index (χ0) is 19.1. The van der Waals surface area contributed by atoms with Crippen LogP contribution in [0.3, 0.4) is 0 Å². The SMILES string of the molecule is CCn1c(=O)c(SCC(=O)NCCCN2CCCCC2)nc2ccccc21. The van der Waals surface area contributed by atoms with Gasteiger partial charge in [0.05, 0.1) is 16.8 Å². The van der Waals surface area contributed by atoms with Gasteiger partial charge in [-0.3, -0.25) is 9.59 Å².